The van der Waals surface area contributed by atoms with Crippen LogP contribution in [0.25, 0.3) is 0 Å². The first-order valence-corrected chi connectivity index (χ1v) is 12.0. The number of carbonyl (C=O) groups excluding carboxylic acids is 2. The minimum absolute atomic E-state index is 0.0683. The Bertz CT molecular complexity index is 1070. The van der Waals surface area contributed by atoms with Crippen LogP contribution < -0.4 is 15.5 Å². The number of benzene rings is 2. The summed E-state index contributed by atoms with van der Waals surface area (Å²) < 4.78 is 11.5. The van der Waals surface area contributed by atoms with Gasteiger partial charge in [-0.2, -0.15) is 0 Å². The molecule has 0 saturated carbocycles. The SMILES string of the molecule is O=C(NO)c1ccc2c(c1)C(c1cccc(OCCN3CCOCC3)c1)C1(CCNC1=O)CC2. The Balaban J connectivity index is 1.46. The summed E-state index contributed by atoms with van der Waals surface area (Å²) in [5, 5.41) is 12.2. The molecule has 0 aromatic heterocycles. The Labute approximate surface area is 199 Å². The molecule has 1 aliphatic carbocycles. The number of carbonyl (C=O) groups is 2. The van der Waals surface area contributed by atoms with Crippen LogP contribution in [0, 0.1) is 5.41 Å². The average Bonchev–Trinajstić information content (AvgIpc) is 3.23. The number of hydroxylamine groups is 1. The van der Waals surface area contributed by atoms with E-state index in [2.05, 4.69) is 10.2 Å². The second kappa shape index (κ2) is 9.74. The van der Waals surface area contributed by atoms with Gasteiger partial charge in [0.1, 0.15) is 12.4 Å². The minimum atomic E-state index is -0.562. The highest BCUT2D eigenvalue weighted by Gasteiger charge is 2.52. The van der Waals surface area contributed by atoms with E-state index < -0.39 is 11.3 Å². The number of rotatable bonds is 6. The second-order valence-electron chi connectivity index (χ2n) is 9.32. The van der Waals surface area contributed by atoms with Crippen molar-refractivity contribution < 1.29 is 24.3 Å². The maximum absolute atomic E-state index is 13.2. The molecule has 2 saturated heterocycles. The molecule has 2 aliphatic heterocycles. The van der Waals surface area contributed by atoms with Crippen molar-refractivity contribution in [2.24, 2.45) is 5.41 Å². The quantitative estimate of drug-likeness (QED) is 0.446. The molecular weight excluding hydrogens is 434 g/mol. The van der Waals surface area contributed by atoms with Crippen LogP contribution in [-0.4, -0.2) is 67.9 Å². The molecule has 2 fully saturated rings. The van der Waals surface area contributed by atoms with Gasteiger partial charge >= 0.3 is 0 Å². The van der Waals surface area contributed by atoms with Gasteiger partial charge in [-0.3, -0.25) is 19.7 Å². The van der Waals surface area contributed by atoms with E-state index in [1.807, 2.05) is 36.4 Å². The first kappa shape index (κ1) is 22.8. The fraction of sp³-hybridized carbons (Fsp3) is 0.462. The van der Waals surface area contributed by atoms with Gasteiger partial charge in [0, 0.05) is 37.7 Å². The summed E-state index contributed by atoms with van der Waals surface area (Å²) in [5.74, 6) is 0.0831. The number of hydrogen-bond donors (Lipinski definition) is 3. The second-order valence-corrected chi connectivity index (χ2v) is 9.32. The molecule has 3 aliphatic rings. The van der Waals surface area contributed by atoms with Gasteiger partial charge in [0.05, 0.1) is 18.6 Å². The molecule has 3 N–H and O–H groups in total. The Morgan fingerprint density at radius 3 is 2.82 bits per heavy atom. The van der Waals surface area contributed by atoms with Crippen LogP contribution in [0.1, 0.15) is 45.8 Å². The first-order valence-electron chi connectivity index (χ1n) is 12.0. The largest absolute Gasteiger partial charge is 0.492 e. The normalized spacial score (nSPS) is 24.5. The highest BCUT2D eigenvalue weighted by molar-refractivity contribution is 5.94. The van der Waals surface area contributed by atoms with Gasteiger partial charge in [-0.05, 0) is 60.2 Å². The lowest BCUT2D eigenvalue weighted by Gasteiger charge is -2.41. The average molecular weight is 466 g/mol. The molecule has 34 heavy (non-hydrogen) atoms. The van der Waals surface area contributed by atoms with Crippen molar-refractivity contribution in [3.05, 3.63) is 64.7 Å². The van der Waals surface area contributed by atoms with E-state index in [0.717, 1.165) is 74.6 Å². The molecule has 2 atom stereocenters. The molecule has 0 radical (unpaired) electrons. The van der Waals surface area contributed by atoms with Crippen LogP contribution in [0.4, 0.5) is 0 Å². The minimum Gasteiger partial charge on any atom is -0.492 e. The summed E-state index contributed by atoms with van der Waals surface area (Å²) >= 11 is 0. The third-order valence-electron chi connectivity index (χ3n) is 7.49. The summed E-state index contributed by atoms with van der Waals surface area (Å²) in [4.78, 5) is 27.7. The zero-order valence-corrected chi connectivity index (χ0v) is 19.2. The van der Waals surface area contributed by atoms with Gasteiger partial charge in [-0.1, -0.05) is 18.2 Å². The number of aryl methyl sites for hydroxylation is 1. The molecule has 2 aromatic carbocycles. The lowest BCUT2D eigenvalue weighted by Crippen LogP contribution is -2.41. The van der Waals surface area contributed by atoms with Crippen molar-refractivity contribution in [1.29, 1.82) is 0 Å². The maximum Gasteiger partial charge on any atom is 0.274 e. The van der Waals surface area contributed by atoms with Crippen LogP contribution in [0.15, 0.2) is 42.5 Å². The molecule has 2 amide bonds. The van der Waals surface area contributed by atoms with Crippen molar-refractivity contribution in [2.75, 3.05) is 46.0 Å². The van der Waals surface area contributed by atoms with Gasteiger partial charge in [0.2, 0.25) is 5.91 Å². The van der Waals surface area contributed by atoms with Crippen LogP contribution in [-0.2, 0) is 16.0 Å². The molecule has 2 heterocycles. The summed E-state index contributed by atoms with van der Waals surface area (Å²) in [6, 6.07) is 13.5. The Hall–Kier alpha value is -2.94. The van der Waals surface area contributed by atoms with Crippen LogP contribution in [0.2, 0.25) is 0 Å². The smallest absolute Gasteiger partial charge is 0.274 e. The van der Waals surface area contributed by atoms with Crippen LogP contribution >= 0.6 is 0 Å². The lowest BCUT2D eigenvalue weighted by molar-refractivity contribution is -0.129. The van der Waals surface area contributed by atoms with Gasteiger partial charge in [0.25, 0.3) is 5.91 Å². The van der Waals surface area contributed by atoms with Gasteiger partial charge in [-0.25, -0.2) is 5.48 Å². The van der Waals surface area contributed by atoms with E-state index in [1.165, 1.54) is 0 Å². The Morgan fingerprint density at radius 1 is 1.21 bits per heavy atom. The van der Waals surface area contributed by atoms with E-state index in [9.17, 15) is 9.59 Å². The molecule has 1 spiro atoms. The highest BCUT2D eigenvalue weighted by Crippen LogP contribution is 2.53. The van der Waals surface area contributed by atoms with E-state index in [-0.39, 0.29) is 11.8 Å². The number of amides is 2. The number of nitrogens with one attached hydrogen (secondary N) is 2. The number of nitrogens with zero attached hydrogens (tertiary/aromatic N) is 1. The molecule has 2 aromatic rings. The Kier molecular flexibility index (Phi) is 6.54. The third-order valence-corrected chi connectivity index (χ3v) is 7.49. The molecule has 5 rings (SSSR count). The molecule has 0 bridgehead atoms. The van der Waals surface area contributed by atoms with Crippen molar-refractivity contribution >= 4 is 11.8 Å². The van der Waals surface area contributed by atoms with Gasteiger partial charge in [-0.15, -0.1) is 0 Å². The number of hydrogen-bond acceptors (Lipinski definition) is 6. The van der Waals surface area contributed by atoms with E-state index in [1.54, 1.807) is 11.5 Å². The predicted molar refractivity (Wildman–Crippen MR) is 125 cm³/mol. The molecule has 2 unspecified atom stereocenters. The van der Waals surface area contributed by atoms with Crippen LogP contribution in [0.3, 0.4) is 0 Å². The van der Waals surface area contributed by atoms with E-state index in [0.29, 0.717) is 18.7 Å². The first-order chi connectivity index (χ1) is 16.6. The zero-order chi connectivity index (χ0) is 23.5. The van der Waals surface area contributed by atoms with Gasteiger partial charge in [0.15, 0.2) is 0 Å². The summed E-state index contributed by atoms with van der Waals surface area (Å²) in [7, 11) is 0. The number of fused-ring (bicyclic) bond motifs is 1. The van der Waals surface area contributed by atoms with Crippen molar-refractivity contribution in [3.63, 3.8) is 0 Å². The monoisotopic (exact) mass is 465 g/mol. The van der Waals surface area contributed by atoms with E-state index >= 15 is 0 Å². The van der Waals surface area contributed by atoms with E-state index in [4.69, 9.17) is 14.7 Å². The number of morpholine rings is 1. The predicted octanol–water partition coefficient (Wildman–Crippen LogP) is 2.10. The van der Waals surface area contributed by atoms with Crippen molar-refractivity contribution in [3.8, 4) is 5.75 Å². The Morgan fingerprint density at radius 2 is 2.06 bits per heavy atom. The zero-order valence-electron chi connectivity index (χ0n) is 19.2. The van der Waals surface area contributed by atoms with Crippen LogP contribution in [0.5, 0.6) is 5.75 Å². The van der Waals surface area contributed by atoms with Crippen molar-refractivity contribution in [1.82, 2.24) is 15.7 Å². The van der Waals surface area contributed by atoms with Gasteiger partial charge < -0.3 is 14.8 Å². The molecular formula is C26H31N3O5. The number of ether oxygens (including phenoxy) is 2. The fourth-order valence-electron chi connectivity index (χ4n) is 5.70. The fourth-order valence-corrected chi connectivity index (χ4v) is 5.70. The standard InChI is InChI=1S/C26H31N3O5/c30-24(28-32)20-5-4-18-6-7-26(8-9-27-25(26)31)23(22(18)17-20)19-2-1-3-21(16-19)34-15-12-29-10-13-33-14-11-29/h1-5,16-17,23,32H,6-15H2,(H,27,31)(H,28,30). The topological polar surface area (TPSA) is 100 Å². The summed E-state index contributed by atoms with van der Waals surface area (Å²) in [6.45, 7) is 5.43. The summed E-state index contributed by atoms with van der Waals surface area (Å²) in [5.41, 5.74) is 4.63. The lowest BCUT2D eigenvalue weighted by atomic mass is 9.60. The highest BCUT2D eigenvalue weighted by atomic mass is 16.5. The molecule has 8 heteroatoms. The molecule has 180 valence electrons. The summed E-state index contributed by atoms with van der Waals surface area (Å²) in [6.07, 6.45) is 2.27. The maximum atomic E-state index is 13.2. The van der Waals surface area contributed by atoms with Crippen molar-refractivity contribution in [2.45, 2.75) is 25.2 Å². The third kappa shape index (κ3) is 4.29. The molecule has 8 nitrogen and oxygen atoms in total.